The molecule has 1 fully saturated rings. The highest BCUT2D eigenvalue weighted by Crippen LogP contribution is 2.19. The van der Waals surface area contributed by atoms with Crippen LogP contribution in [-0.4, -0.2) is 18.5 Å². The van der Waals surface area contributed by atoms with Crippen LogP contribution in [0.25, 0.3) is 0 Å². The number of hydrogen-bond donors (Lipinski definition) is 2. The molecular weight excluding hydrogens is 278 g/mol. The summed E-state index contributed by atoms with van der Waals surface area (Å²) >= 11 is 5.57. The molecule has 1 aliphatic rings. The van der Waals surface area contributed by atoms with Gasteiger partial charge in [-0.1, -0.05) is 18.0 Å². The van der Waals surface area contributed by atoms with Crippen LogP contribution < -0.4 is 10.6 Å². The van der Waals surface area contributed by atoms with Crippen LogP contribution in [0.5, 0.6) is 0 Å². The first-order valence-electron chi connectivity index (χ1n) is 5.66. The van der Waals surface area contributed by atoms with E-state index in [4.69, 9.17) is 11.6 Å². The van der Waals surface area contributed by atoms with Crippen molar-refractivity contribution < 1.29 is 9.18 Å². The van der Waals surface area contributed by atoms with Crippen molar-refractivity contribution in [1.82, 2.24) is 5.32 Å². The zero-order valence-electron chi connectivity index (χ0n) is 9.71. The molecule has 2 rings (SSSR count). The van der Waals surface area contributed by atoms with E-state index in [-0.39, 0.29) is 29.4 Å². The van der Waals surface area contributed by atoms with Crippen molar-refractivity contribution in [1.29, 1.82) is 0 Å². The number of carbonyl (C=O) groups excluding carboxylic acids is 1. The highest BCUT2D eigenvalue weighted by molar-refractivity contribution is 6.30. The number of piperidine rings is 1. The molecule has 1 atom stereocenters. The summed E-state index contributed by atoms with van der Waals surface area (Å²) in [4.78, 5) is 11.8. The zero-order chi connectivity index (χ0) is 12.3. The summed E-state index contributed by atoms with van der Waals surface area (Å²) < 4.78 is 13.2. The average molecular weight is 293 g/mol. The molecule has 3 nitrogen and oxygen atoms in total. The molecule has 2 N–H and O–H groups in total. The van der Waals surface area contributed by atoms with Crippen molar-refractivity contribution in [2.45, 2.75) is 25.3 Å². The minimum Gasteiger partial charge on any atom is -0.325 e. The van der Waals surface area contributed by atoms with Gasteiger partial charge in [0.05, 0.1) is 11.1 Å². The molecule has 0 aliphatic carbocycles. The van der Waals surface area contributed by atoms with Crippen LogP contribution in [0.15, 0.2) is 18.2 Å². The van der Waals surface area contributed by atoms with Crippen molar-refractivity contribution in [3.63, 3.8) is 0 Å². The van der Waals surface area contributed by atoms with E-state index in [0.29, 0.717) is 5.69 Å². The van der Waals surface area contributed by atoms with Crippen LogP contribution in [0.3, 0.4) is 0 Å². The van der Waals surface area contributed by atoms with Gasteiger partial charge in [0.25, 0.3) is 0 Å². The highest BCUT2D eigenvalue weighted by atomic mass is 35.5. The van der Waals surface area contributed by atoms with E-state index in [0.717, 1.165) is 25.8 Å². The van der Waals surface area contributed by atoms with Crippen LogP contribution in [0.2, 0.25) is 5.02 Å². The first-order valence-corrected chi connectivity index (χ1v) is 6.04. The van der Waals surface area contributed by atoms with Gasteiger partial charge in [-0.25, -0.2) is 4.39 Å². The van der Waals surface area contributed by atoms with Crippen LogP contribution in [0.1, 0.15) is 19.3 Å². The summed E-state index contributed by atoms with van der Waals surface area (Å²) in [5, 5.41) is 5.87. The summed E-state index contributed by atoms with van der Waals surface area (Å²) in [6, 6.07) is 4.07. The number of rotatable bonds is 2. The molecule has 0 unspecified atom stereocenters. The lowest BCUT2D eigenvalue weighted by molar-refractivity contribution is -0.118. The number of hydrogen-bond acceptors (Lipinski definition) is 2. The van der Waals surface area contributed by atoms with E-state index in [9.17, 15) is 9.18 Å². The predicted octanol–water partition coefficient (Wildman–Crippen LogP) is 2.98. The molecule has 100 valence electrons. The van der Waals surface area contributed by atoms with Crippen LogP contribution in [0.4, 0.5) is 10.1 Å². The molecule has 6 heteroatoms. The Kier molecular flexibility index (Phi) is 5.85. The molecule has 0 spiro atoms. The van der Waals surface area contributed by atoms with Gasteiger partial charge in [0.1, 0.15) is 5.82 Å². The fourth-order valence-electron chi connectivity index (χ4n) is 1.88. The number of halogens is 3. The average Bonchev–Trinajstić information content (AvgIpc) is 2.35. The predicted molar refractivity (Wildman–Crippen MR) is 72.9 cm³/mol. The van der Waals surface area contributed by atoms with E-state index in [1.165, 1.54) is 12.1 Å². The maximum atomic E-state index is 13.2. The molecular formula is C12H15Cl2FN2O. The summed E-state index contributed by atoms with van der Waals surface area (Å²) in [6.45, 7) is 0.854. The summed E-state index contributed by atoms with van der Waals surface area (Å²) in [7, 11) is 0. The van der Waals surface area contributed by atoms with Gasteiger partial charge in [-0.05, 0) is 37.6 Å². The molecule has 1 aromatic rings. The lowest BCUT2D eigenvalue weighted by Crippen LogP contribution is -2.43. The Morgan fingerprint density at radius 1 is 1.44 bits per heavy atom. The Bertz CT molecular complexity index is 423. The van der Waals surface area contributed by atoms with Crippen molar-refractivity contribution in [2.24, 2.45) is 0 Å². The van der Waals surface area contributed by atoms with Crippen molar-refractivity contribution in [2.75, 3.05) is 11.9 Å². The van der Waals surface area contributed by atoms with Crippen molar-refractivity contribution in [3.8, 4) is 0 Å². The van der Waals surface area contributed by atoms with E-state index in [1.807, 2.05) is 0 Å². The molecule has 1 amide bonds. The van der Waals surface area contributed by atoms with E-state index < -0.39 is 5.82 Å². The van der Waals surface area contributed by atoms with Crippen LogP contribution >= 0.6 is 24.0 Å². The second-order valence-corrected chi connectivity index (χ2v) is 4.53. The molecule has 0 radical (unpaired) electrons. The Morgan fingerprint density at radius 3 is 2.83 bits per heavy atom. The normalized spacial score (nSPS) is 18.9. The molecule has 1 saturated heterocycles. The quantitative estimate of drug-likeness (QED) is 0.880. The van der Waals surface area contributed by atoms with Gasteiger partial charge in [-0.2, -0.15) is 0 Å². The summed E-state index contributed by atoms with van der Waals surface area (Å²) in [6.07, 6.45) is 2.96. The summed E-state index contributed by atoms with van der Waals surface area (Å²) in [5.74, 6) is -0.646. The topological polar surface area (TPSA) is 41.1 Å². The third-order valence-electron chi connectivity index (χ3n) is 2.81. The maximum absolute atomic E-state index is 13.2. The number of benzene rings is 1. The minimum absolute atomic E-state index is 0. The van der Waals surface area contributed by atoms with E-state index in [2.05, 4.69) is 10.6 Å². The molecule has 1 aliphatic heterocycles. The molecule has 0 saturated carbocycles. The third-order valence-corrected chi connectivity index (χ3v) is 3.12. The minimum atomic E-state index is -0.527. The molecule has 0 bridgehead atoms. The van der Waals surface area contributed by atoms with Gasteiger partial charge in [-0.3, -0.25) is 4.79 Å². The van der Waals surface area contributed by atoms with Gasteiger partial charge in [-0.15, -0.1) is 12.4 Å². The molecule has 1 heterocycles. The SMILES string of the molecule is Cl.O=C(Nc1ccc(Cl)c(F)c1)[C@@H]1CCCCN1. The lowest BCUT2D eigenvalue weighted by atomic mass is 10.0. The number of amides is 1. The Balaban J connectivity index is 0.00000162. The fraction of sp³-hybridized carbons (Fsp3) is 0.417. The summed E-state index contributed by atoms with van der Waals surface area (Å²) in [5.41, 5.74) is 0.435. The number of nitrogens with one attached hydrogen (secondary N) is 2. The van der Waals surface area contributed by atoms with Gasteiger partial charge in [0.2, 0.25) is 5.91 Å². The highest BCUT2D eigenvalue weighted by Gasteiger charge is 2.20. The molecule has 1 aromatic carbocycles. The third kappa shape index (κ3) is 3.83. The Morgan fingerprint density at radius 2 is 2.22 bits per heavy atom. The molecule has 0 aromatic heterocycles. The van der Waals surface area contributed by atoms with E-state index in [1.54, 1.807) is 6.07 Å². The van der Waals surface area contributed by atoms with Crippen LogP contribution in [0, 0.1) is 5.82 Å². The first kappa shape index (κ1) is 15.2. The second kappa shape index (κ2) is 6.92. The smallest absolute Gasteiger partial charge is 0.241 e. The molecule has 18 heavy (non-hydrogen) atoms. The zero-order valence-corrected chi connectivity index (χ0v) is 11.3. The van der Waals surface area contributed by atoms with Gasteiger partial charge >= 0.3 is 0 Å². The first-order chi connectivity index (χ1) is 8.16. The van der Waals surface area contributed by atoms with Gasteiger partial charge in [0, 0.05) is 5.69 Å². The van der Waals surface area contributed by atoms with Crippen LogP contribution in [-0.2, 0) is 4.79 Å². The van der Waals surface area contributed by atoms with Crippen molar-refractivity contribution in [3.05, 3.63) is 29.0 Å². The Hall–Kier alpha value is -0.840. The van der Waals surface area contributed by atoms with E-state index >= 15 is 0 Å². The number of anilines is 1. The second-order valence-electron chi connectivity index (χ2n) is 4.12. The van der Waals surface area contributed by atoms with Crippen molar-refractivity contribution >= 4 is 35.6 Å². The van der Waals surface area contributed by atoms with Gasteiger partial charge in [0.15, 0.2) is 0 Å². The number of carbonyl (C=O) groups is 1. The standard InChI is InChI=1S/C12H14ClFN2O.ClH/c13-9-5-4-8(7-10(9)14)16-12(17)11-3-1-2-6-15-11;/h4-5,7,11,15H,1-3,6H2,(H,16,17);1H/t11-;/m0./s1. The Labute approximate surface area is 116 Å². The fourth-order valence-corrected chi connectivity index (χ4v) is 2.00. The monoisotopic (exact) mass is 292 g/mol. The lowest BCUT2D eigenvalue weighted by Gasteiger charge is -2.22. The van der Waals surface area contributed by atoms with Gasteiger partial charge < -0.3 is 10.6 Å². The largest absolute Gasteiger partial charge is 0.325 e. The maximum Gasteiger partial charge on any atom is 0.241 e.